The van der Waals surface area contributed by atoms with Crippen molar-refractivity contribution in [3.63, 3.8) is 0 Å². The molecule has 1 atom stereocenters. The number of carbonyl (C=O) groups excluding carboxylic acids is 1. The number of piperazine rings is 1. The molecule has 1 amide bonds. The van der Waals surface area contributed by atoms with Crippen LogP contribution in [0.2, 0.25) is 0 Å². The van der Waals surface area contributed by atoms with Gasteiger partial charge in [0.2, 0.25) is 15.9 Å². The van der Waals surface area contributed by atoms with Gasteiger partial charge in [0.1, 0.15) is 6.04 Å². The first-order chi connectivity index (χ1) is 11.7. The molecule has 0 radical (unpaired) electrons. The lowest BCUT2D eigenvalue weighted by molar-refractivity contribution is -0.135. The van der Waals surface area contributed by atoms with Crippen molar-refractivity contribution >= 4 is 15.9 Å². The Hall–Kier alpha value is -0.740. The van der Waals surface area contributed by atoms with E-state index in [2.05, 4.69) is 9.62 Å². The molecule has 1 fully saturated rings. The van der Waals surface area contributed by atoms with E-state index in [0.29, 0.717) is 32.7 Å². The smallest absolute Gasteiger partial charge is 0.240 e. The molecule has 1 N–H and O–H groups in total. The molecule has 1 saturated heterocycles. The molecule has 9 heteroatoms. The third-order valence-electron chi connectivity index (χ3n) is 4.07. The highest BCUT2D eigenvalue weighted by molar-refractivity contribution is 7.89. The number of rotatable bonds is 11. The van der Waals surface area contributed by atoms with Gasteiger partial charge in [-0.15, -0.1) is 0 Å². The van der Waals surface area contributed by atoms with E-state index in [1.165, 1.54) is 0 Å². The second-order valence-electron chi connectivity index (χ2n) is 6.85. The second kappa shape index (κ2) is 11.1. The van der Waals surface area contributed by atoms with Crippen molar-refractivity contribution in [1.29, 1.82) is 0 Å². The monoisotopic (exact) mass is 379 g/mol. The van der Waals surface area contributed by atoms with Gasteiger partial charge in [-0.25, -0.2) is 13.1 Å². The molecule has 1 unspecified atom stereocenters. The summed E-state index contributed by atoms with van der Waals surface area (Å²) in [6.07, 6.45) is 0.481. The molecule has 0 saturated carbocycles. The Morgan fingerprint density at radius 2 is 1.76 bits per heavy atom. The Morgan fingerprint density at radius 3 is 2.32 bits per heavy atom. The molecule has 0 aromatic rings. The van der Waals surface area contributed by atoms with Crippen LogP contribution < -0.4 is 4.72 Å². The summed E-state index contributed by atoms with van der Waals surface area (Å²) >= 11 is 0. The minimum absolute atomic E-state index is 0.0792. The zero-order valence-electron chi connectivity index (χ0n) is 15.9. The van der Waals surface area contributed by atoms with Crippen LogP contribution in [0, 0.1) is 5.92 Å². The Morgan fingerprint density at radius 1 is 1.12 bits per heavy atom. The number of hydrogen-bond acceptors (Lipinski definition) is 6. The third-order valence-corrected chi connectivity index (χ3v) is 5.42. The van der Waals surface area contributed by atoms with Crippen molar-refractivity contribution in [2.75, 3.05) is 65.9 Å². The first-order valence-electron chi connectivity index (χ1n) is 8.79. The molecule has 1 heterocycles. The molecule has 0 aromatic heterocycles. The van der Waals surface area contributed by atoms with Crippen molar-refractivity contribution in [3.8, 4) is 0 Å². The molecule has 148 valence electrons. The summed E-state index contributed by atoms with van der Waals surface area (Å²) in [5, 5.41) is 0. The first-order valence-corrected chi connectivity index (χ1v) is 10.4. The van der Waals surface area contributed by atoms with Crippen LogP contribution in [0.25, 0.3) is 0 Å². The van der Waals surface area contributed by atoms with Gasteiger partial charge >= 0.3 is 0 Å². The van der Waals surface area contributed by atoms with Gasteiger partial charge in [0.15, 0.2) is 0 Å². The van der Waals surface area contributed by atoms with E-state index in [9.17, 15) is 13.2 Å². The molecule has 0 bridgehead atoms. The number of hydrogen-bond donors (Lipinski definition) is 1. The SMILES string of the molecule is COCCOCCS(=O)(=O)NC(CC(C)C)C(=O)N1CCN(C)CC1. The van der Waals surface area contributed by atoms with E-state index in [0.717, 1.165) is 13.1 Å². The number of sulfonamides is 1. The number of nitrogens with one attached hydrogen (secondary N) is 1. The van der Waals surface area contributed by atoms with Crippen molar-refractivity contribution in [2.45, 2.75) is 26.3 Å². The summed E-state index contributed by atoms with van der Waals surface area (Å²) in [6, 6.07) is -0.715. The maximum atomic E-state index is 12.8. The Kier molecular flexibility index (Phi) is 9.88. The molecular weight excluding hydrogens is 346 g/mol. The number of nitrogens with zero attached hydrogens (tertiary/aromatic N) is 2. The predicted octanol–water partition coefficient (Wildman–Crippen LogP) is -0.242. The Bertz CT molecular complexity index is 490. The van der Waals surface area contributed by atoms with Gasteiger partial charge in [-0.2, -0.15) is 0 Å². The van der Waals surface area contributed by atoms with Crippen LogP contribution in [0.3, 0.4) is 0 Å². The van der Waals surface area contributed by atoms with Gasteiger partial charge in [-0.1, -0.05) is 13.8 Å². The highest BCUT2D eigenvalue weighted by Gasteiger charge is 2.30. The van der Waals surface area contributed by atoms with Crippen molar-refractivity contribution in [1.82, 2.24) is 14.5 Å². The molecule has 8 nitrogen and oxygen atoms in total. The lowest BCUT2D eigenvalue weighted by atomic mass is 10.0. The van der Waals surface area contributed by atoms with Crippen LogP contribution in [0.1, 0.15) is 20.3 Å². The van der Waals surface area contributed by atoms with Crippen molar-refractivity contribution in [2.24, 2.45) is 5.92 Å². The van der Waals surface area contributed by atoms with E-state index in [4.69, 9.17) is 9.47 Å². The quantitative estimate of drug-likeness (QED) is 0.499. The molecular formula is C16H33N3O5S. The van der Waals surface area contributed by atoms with Crippen molar-refractivity contribution in [3.05, 3.63) is 0 Å². The molecule has 1 aliphatic heterocycles. The normalized spacial score (nSPS) is 17.9. The maximum Gasteiger partial charge on any atom is 0.240 e. The summed E-state index contributed by atoms with van der Waals surface area (Å²) in [4.78, 5) is 16.7. The Labute approximate surface area is 151 Å². The molecule has 1 aliphatic rings. The Balaban J connectivity index is 2.60. The third kappa shape index (κ3) is 8.96. The topological polar surface area (TPSA) is 88.2 Å². The standard InChI is InChI=1S/C16H33N3O5S/c1-14(2)13-15(16(20)19-7-5-18(3)6-8-19)17-25(21,22)12-11-24-10-9-23-4/h14-15,17H,5-13H2,1-4H3. The predicted molar refractivity (Wildman–Crippen MR) is 96.9 cm³/mol. The fourth-order valence-electron chi connectivity index (χ4n) is 2.61. The largest absolute Gasteiger partial charge is 0.382 e. The summed E-state index contributed by atoms with van der Waals surface area (Å²) < 4.78 is 37.2. The molecule has 25 heavy (non-hydrogen) atoms. The van der Waals surface area contributed by atoms with Gasteiger partial charge in [0.05, 0.1) is 25.6 Å². The highest BCUT2D eigenvalue weighted by Crippen LogP contribution is 2.11. The average molecular weight is 380 g/mol. The van der Waals surface area contributed by atoms with E-state index in [1.807, 2.05) is 20.9 Å². The number of amides is 1. The average Bonchev–Trinajstić information content (AvgIpc) is 2.53. The van der Waals surface area contributed by atoms with Gasteiger partial charge < -0.3 is 19.3 Å². The van der Waals surface area contributed by atoms with Gasteiger partial charge in [0.25, 0.3) is 0 Å². The summed E-state index contributed by atoms with van der Waals surface area (Å²) in [6.45, 7) is 7.68. The van der Waals surface area contributed by atoms with Crippen LogP contribution in [0.4, 0.5) is 0 Å². The van der Waals surface area contributed by atoms with Crippen LogP contribution >= 0.6 is 0 Å². The van der Waals surface area contributed by atoms with Crippen LogP contribution in [-0.4, -0.2) is 96.1 Å². The van der Waals surface area contributed by atoms with E-state index in [1.54, 1.807) is 12.0 Å². The number of carbonyl (C=O) groups is 1. The van der Waals surface area contributed by atoms with Gasteiger partial charge in [0, 0.05) is 33.3 Å². The maximum absolute atomic E-state index is 12.8. The summed E-state index contributed by atoms with van der Waals surface area (Å²) in [5.41, 5.74) is 0. The van der Waals surface area contributed by atoms with Gasteiger partial charge in [-0.05, 0) is 19.4 Å². The highest BCUT2D eigenvalue weighted by atomic mass is 32.2. The molecule has 1 rings (SSSR count). The molecule has 0 aliphatic carbocycles. The number of ether oxygens (including phenoxy) is 2. The first kappa shape index (κ1) is 22.3. The van der Waals surface area contributed by atoms with Crippen LogP contribution in [-0.2, 0) is 24.3 Å². The minimum atomic E-state index is -3.58. The number of methoxy groups -OCH3 is 1. The molecule has 0 aromatic carbocycles. The zero-order valence-corrected chi connectivity index (χ0v) is 16.7. The zero-order chi connectivity index (χ0) is 18.9. The summed E-state index contributed by atoms with van der Waals surface area (Å²) in [7, 11) is -0.0105. The lowest BCUT2D eigenvalue weighted by Crippen LogP contribution is -2.54. The van der Waals surface area contributed by atoms with Gasteiger partial charge in [-0.3, -0.25) is 4.79 Å². The number of likely N-dealkylation sites (N-methyl/N-ethyl adjacent to an activating group) is 1. The minimum Gasteiger partial charge on any atom is -0.382 e. The summed E-state index contributed by atoms with van der Waals surface area (Å²) in [5.74, 6) is -0.0887. The fraction of sp³-hybridized carbons (Fsp3) is 0.938. The van der Waals surface area contributed by atoms with E-state index < -0.39 is 16.1 Å². The second-order valence-corrected chi connectivity index (χ2v) is 8.73. The van der Waals surface area contributed by atoms with Crippen LogP contribution in [0.15, 0.2) is 0 Å². The molecule has 0 spiro atoms. The van der Waals surface area contributed by atoms with Crippen molar-refractivity contribution < 1.29 is 22.7 Å². The fourth-order valence-corrected chi connectivity index (χ4v) is 3.69. The van der Waals surface area contributed by atoms with E-state index in [-0.39, 0.29) is 24.2 Å². The van der Waals surface area contributed by atoms with Crippen LogP contribution in [0.5, 0.6) is 0 Å². The van der Waals surface area contributed by atoms with E-state index >= 15 is 0 Å². The lowest BCUT2D eigenvalue weighted by Gasteiger charge is -2.35.